The molecular formula is C29H30N6O4. The number of hydrogen-bond acceptors (Lipinski definition) is 6. The van der Waals surface area contributed by atoms with Crippen LogP contribution in [-0.2, 0) is 11.2 Å². The summed E-state index contributed by atoms with van der Waals surface area (Å²) in [5, 5.41) is 16.3. The van der Waals surface area contributed by atoms with Gasteiger partial charge in [-0.3, -0.25) is 18.8 Å². The quantitative estimate of drug-likeness (QED) is 0.350. The smallest absolute Gasteiger partial charge is 0.274 e. The second-order valence-electron chi connectivity index (χ2n) is 9.49. The second kappa shape index (κ2) is 11.8. The second-order valence-corrected chi connectivity index (χ2v) is 9.49. The first-order valence-electron chi connectivity index (χ1n) is 13.0. The molecule has 0 spiro atoms. The molecule has 0 atom stereocenters. The van der Waals surface area contributed by atoms with E-state index in [1.807, 2.05) is 18.2 Å². The Kier molecular flexibility index (Phi) is 7.81. The van der Waals surface area contributed by atoms with Gasteiger partial charge in [0.2, 0.25) is 11.7 Å². The fraction of sp³-hybridized carbons (Fsp3) is 0.276. The van der Waals surface area contributed by atoms with Crippen molar-refractivity contribution < 1.29 is 19.5 Å². The first kappa shape index (κ1) is 25.9. The van der Waals surface area contributed by atoms with E-state index in [9.17, 15) is 19.5 Å². The number of amides is 3. The van der Waals surface area contributed by atoms with Crippen molar-refractivity contribution in [2.45, 2.75) is 25.7 Å². The van der Waals surface area contributed by atoms with Crippen LogP contribution in [0.1, 0.15) is 45.7 Å². The zero-order valence-corrected chi connectivity index (χ0v) is 21.5. The largest absolute Gasteiger partial charge is 0.507 e. The molecule has 3 amide bonds. The summed E-state index contributed by atoms with van der Waals surface area (Å²) in [7, 11) is 0. The molecule has 39 heavy (non-hydrogen) atoms. The van der Waals surface area contributed by atoms with Gasteiger partial charge in [0.1, 0.15) is 11.4 Å². The minimum atomic E-state index is -0.245. The molecule has 0 saturated heterocycles. The van der Waals surface area contributed by atoms with Gasteiger partial charge in [0.25, 0.3) is 11.8 Å². The van der Waals surface area contributed by atoms with Gasteiger partial charge < -0.3 is 20.6 Å². The summed E-state index contributed by atoms with van der Waals surface area (Å²) < 4.78 is 1.69. The van der Waals surface area contributed by atoms with Crippen LogP contribution in [0.3, 0.4) is 0 Å². The molecule has 3 heterocycles. The van der Waals surface area contributed by atoms with E-state index >= 15 is 0 Å². The van der Waals surface area contributed by atoms with Crippen LogP contribution in [-0.4, -0.2) is 68.3 Å². The number of nitrogens with one attached hydrogen (secondary N) is 2. The van der Waals surface area contributed by atoms with Crippen molar-refractivity contribution in [3.63, 3.8) is 0 Å². The summed E-state index contributed by atoms with van der Waals surface area (Å²) in [5.41, 5.74) is 3.06. The van der Waals surface area contributed by atoms with Gasteiger partial charge in [-0.15, -0.1) is 0 Å². The molecule has 0 fully saturated rings. The lowest BCUT2D eigenvalue weighted by Crippen LogP contribution is -2.36. The van der Waals surface area contributed by atoms with Crippen molar-refractivity contribution in [2.24, 2.45) is 0 Å². The van der Waals surface area contributed by atoms with Gasteiger partial charge in [-0.25, -0.2) is 9.97 Å². The van der Waals surface area contributed by atoms with Crippen molar-refractivity contribution in [3.8, 4) is 16.9 Å². The maximum atomic E-state index is 13.3. The third kappa shape index (κ3) is 6.23. The molecule has 0 saturated carbocycles. The van der Waals surface area contributed by atoms with Gasteiger partial charge in [-0.2, -0.15) is 0 Å². The van der Waals surface area contributed by atoms with Gasteiger partial charge in [0.05, 0.1) is 0 Å². The van der Waals surface area contributed by atoms with Crippen LogP contribution in [0.25, 0.3) is 16.9 Å². The van der Waals surface area contributed by atoms with Gasteiger partial charge in [-0.05, 0) is 60.7 Å². The molecule has 2 aromatic heterocycles. The summed E-state index contributed by atoms with van der Waals surface area (Å²) in [6.07, 6.45) is 6.92. The van der Waals surface area contributed by atoms with E-state index in [1.54, 1.807) is 58.2 Å². The summed E-state index contributed by atoms with van der Waals surface area (Å²) in [4.78, 5) is 48.9. The van der Waals surface area contributed by atoms with E-state index in [0.717, 1.165) is 11.1 Å². The number of rotatable bonds is 1. The number of carbonyl (C=O) groups is 3. The zero-order chi connectivity index (χ0) is 27.2. The van der Waals surface area contributed by atoms with E-state index in [1.165, 1.54) is 0 Å². The van der Waals surface area contributed by atoms with E-state index in [-0.39, 0.29) is 35.6 Å². The molecule has 200 valence electrons. The maximum Gasteiger partial charge on any atom is 0.274 e. The van der Waals surface area contributed by atoms with Crippen molar-refractivity contribution in [1.82, 2.24) is 29.9 Å². The molecular weight excluding hydrogens is 496 g/mol. The number of imidazole rings is 1. The summed E-state index contributed by atoms with van der Waals surface area (Å²) >= 11 is 0. The molecule has 10 heteroatoms. The topological polar surface area (TPSA) is 129 Å². The van der Waals surface area contributed by atoms with Crippen LogP contribution in [0, 0.1) is 0 Å². The van der Waals surface area contributed by atoms with Crippen molar-refractivity contribution in [2.75, 3.05) is 26.2 Å². The highest BCUT2D eigenvalue weighted by atomic mass is 16.3. The minimum Gasteiger partial charge on any atom is -0.507 e. The molecule has 0 aliphatic carbocycles. The zero-order valence-electron chi connectivity index (χ0n) is 21.5. The van der Waals surface area contributed by atoms with Crippen LogP contribution in [0.5, 0.6) is 5.75 Å². The third-order valence-electron chi connectivity index (χ3n) is 6.70. The van der Waals surface area contributed by atoms with E-state index in [0.29, 0.717) is 62.3 Å². The lowest BCUT2D eigenvalue weighted by Gasteiger charge is -2.22. The predicted molar refractivity (Wildman–Crippen MR) is 145 cm³/mol. The number of benzene rings is 2. The average molecular weight is 527 g/mol. The van der Waals surface area contributed by atoms with E-state index < -0.39 is 0 Å². The molecule has 4 bridgehead atoms. The molecule has 0 radical (unpaired) electrons. The minimum absolute atomic E-state index is 0.0868. The highest BCUT2D eigenvalue weighted by molar-refractivity contribution is 5.95. The predicted octanol–water partition coefficient (Wildman–Crippen LogP) is 2.82. The highest BCUT2D eigenvalue weighted by Crippen LogP contribution is 2.30. The molecule has 1 aliphatic heterocycles. The number of nitrogens with zero attached hydrogens (tertiary/aromatic N) is 4. The fourth-order valence-corrected chi connectivity index (χ4v) is 4.65. The normalized spacial score (nSPS) is 15.5. The van der Waals surface area contributed by atoms with Crippen LogP contribution in [0.2, 0.25) is 0 Å². The molecule has 0 unspecified atom stereocenters. The lowest BCUT2D eigenvalue weighted by molar-refractivity contribution is -0.121. The Labute approximate surface area is 225 Å². The van der Waals surface area contributed by atoms with Crippen molar-refractivity contribution >= 4 is 23.5 Å². The SMILES string of the molecule is O=C1CCCN(C(=O)c2cn3cccnc3n2)CCCNC(=O)c2cccc(c2)-c2cc(ccc2O)CCN1. The average Bonchev–Trinajstić information content (AvgIpc) is 3.39. The van der Waals surface area contributed by atoms with E-state index in [4.69, 9.17) is 0 Å². The number of phenols is 1. The molecule has 1 aliphatic rings. The van der Waals surface area contributed by atoms with Gasteiger partial charge in [-0.1, -0.05) is 18.2 Å². The number of fused-ring (bicyclic) bond motifs is 6. The number of carbonyl (C=O) groups excluding carboxylic acids is 3. The first-order chi connectivity index (χ1) is 19.0. The Bertz CT molecular complexity index is 1480. The summed E-state index contributed by atoms with van der Waals surface area (Å²) in [5.74, 6) is -0.00594. The van der Waals surface area contributed by atoms with Gasteiger partial charge in [0.15, 0.2) is 0 Å². The Morgan fingerprint density at radius 2 is 1.77 bits per heavy atom. The number of aromatic hydroxyl groups is 1. The molecule has 2 aromatic carbocycles. The maximum absolute atomic E-state index is 13.3. The molecule has 4 aromatic rings. The number of aromatic nitrogens is 3. The lowest BCUT2D eigenvalue weighted by atomic mass is 9.98. The first-order valence-corrected chi connectivity index (χ1v) is 13.0. The van der Waals surface area contributed by atoms with Crippen LogP contribution < -0.4 is 10.6 Å². The fourth-order valence-electron chi connectivity index (χ4n) is 4.65. The number of phenolic OH excluding ortho intramolecular Hbond substituents is 1. The molecule has 10 nitrogen and oxygen atoms in total. The van der Waals surface area contributed by atoms with Crippen LogP contribution >= 0.6 is 0 Å². The van der Waals surface area contributed by atoms with Crippen LogP contribution in [0.4, 0.5) is 0 Å². The Balaban J connectivity index is 1.34. The standard InChI is InChI=1S/C29H30N6O4/c36-25-9-8-20-10-13-30-26(37)7-2-14-34(28(39)24-19-35-16-4-12-32-29(35)33-24)15-3-11-31-27(38)22-6-1-5-21(18-22)23(25)17-20/h1,4-6,8-9,12,16-19,36H,2-3,7,10-11,13-15H2,(H,30,37)(H,31,38). The van der Waals surface area contributed by atoms with Crippen molar-refractivity contribution in [3.05, 3.63) is 83.9 Å². The van der Waals surface area contributed by atoms with Gasteiger partial charge in [0, 0.05) is 62.3 Å². The Morgan fingerprint density at radius 1 is 0.923 bits per heavy atom. The Hall–Kier alpha value is -4.73. The van der Waals surface area contributed by atoms with Crippen molar-refractivity contribution in [1.29, 1.82) is 0 Å². The molecule has 5 rings (SSSR count). The Morgan fingerprint density at radius 3 is 2.64 bits per heavy atom. The van der Waals surface area contributed by atoms with Gasteiger partial charge >= 0.3 is 0 Å². The number of hydrogen-bond donors (Lipinski definition) is 3. The van der Waals surface area contributed by atoms with Crippen LogP contribution in [0.15, 0.2) is 67.1 Å². The summed E-state index contributed by atoms with van der Waals surface area (Å²) in [6, 6.07) is 14.2. The third-order valence-corrected chi connectivity index (χ3v) is 6.70. The van der Waals surface area contributed by atoms with E-state index in [2.05, 4.69) is 20.6 Å². The monoisotopic (exact) mass is 526 g/mol. The summed E-state index contributed by atoms with van der Waals surface area (Å²) in [6.45, 7) is 1.58. The highest BCUT2D eigenvalue weighted by Gasteiger charge is 2.20. The molecule has 3 N–H and O–H groups in total.